The summed E-state index contributed by atoms with van der Waals surface area (Å²) < 4.78 is 5.49. The zero-order chi connectivity index (χ0) is 12.3. The Balaban J connectivity index is 2.24. The van der Waals surface area contributed by atoms with Gasteiger partial charge in [0.25, 0.3) is 0 Å². The Hall–Kier alpha value is -1.13. The molecule has 4 nitrogen and oxygen atoms in total. The third-order valence-electron chi connectivity index (χ3n) is 2.35. The Labute approximate surface area is 103 Å². The van der Waals surface area contributed by atoms with Crippen molar-refractivity contribution in [1.82, 2.24) is 10.3 Å². The normalized spacial score (nSPS) is 10.5. The molecule has 0 aliphatic heterocycles. The molecule has 0 saturated heterocycles. The molecule has 17 heavy (non-hydrogen) atoms. The van der Waals surface area contributed by atoms with Crippen LogP contribution >= 0.6 is 0 Å². The van der Waals surface area contributed by atoms with Gasteiger partial charge in [-0.15, -0.1) is 0 Å². The summed E-state index contributed by atoms with van der Waals surface area (Å²) in [5.74, 6) is 0.794. The van der Waals surface area contributed by atoms with E-state index in [4.69, 9.17) is 9.84 Å². The maximum Gasteiger partial charge on any atom is 0.137 e. The highest BCUT2D eigenvalue weighted by Gasteiger charge is 1.96. The average molecular weight is 238 g/mol. The number of pyridine rings is 1. The quantitative estimate of drug-likeness (QED) is 0.643. The Kier molecular flexibility index (Phi) is 7.34. The topological polar surface area (TPSA) is 54.4 Å². The summed E-state index contributed by atoms with van der Waals surface area (Å²) in [6, 6.07) is 3.92. The van der Waals surface area contributed by atoms with Gasteiger partial charge in [0.1, 0.15) is 5.75 Å². The van der Waals surface area contributed by atoms with Gasteiger partial charge in [-0.2, -0.15) is 0 Å². The van der Waals surface area contributed by atoms with E-state index in [-0.39, 0.29) is 6.61 Å². The first-order valence-corrected chi connectivity index (χ1v) is 6.26. The SMILES string of the molecule is CCCNCc1ccc(OCCCCO)cn1. The van der Waals surface area contributed by atoms with Gasteiger partial charge in [0.05, 0.1) is 18.5 Å². The van der Waals surface area contributed by atoms with E-state index in [9.17, 15) is 0 Å². The second-order valence-corrected chi connectivity index (χ2v) is 3.94. The summed E-state index contributed by atoms with van der Waals surface area (Å²) in [4.78, 5) is 4.31. The first-order valence-electron chi connectivity index (χ1n) is 6.26. The number of nitrogens with zero attached hydrogens (tertiary/aromatic N) is 1. The molecular formula is C13H22N2O2. The fourth-order valence-corrected chi connectivity index (χ4v) is 1.40. The van der Waals surface area contributed by atoms with E-state index in [0.717, 1.165) is 43.8 Å². The molecule has 2 N–H and O–H groups in total. The molecule has 1 aromatic rings. The van der Waals surface area contributed by atoms with E-state index in [1.54, 1.807) is 6.20 Å². The predicted octanol–water partition coefficient (Wildman–Crippen LogP) is 1.73. The lowest BCUT2D eigenvalue weighted by atomic mass is 10.3. The molecule has 0 saturated carbocycles. The number of ether oxygens (including phenoxy) is 1. The molecule has 0 bridgehead atoms. The van der Waals surface area contributed by atoms with Crippen LogP contribution in [-0.2, 0) is 6.54 Å². The van der Waals surface area contributed by atoms with Crippen molar-refractivity contribution >= 4 is 0 Å². The van der Waals surface area contributed by atoms with E-state index < -0.39 is 0 Å². The Morgan fingerprint density at radius 2 is 2.24 bits per heavy atom. The minimum atomic E-state index is 0.226. The monoisotopic (exact) mass is 238 g/mol. The molecule has 0 aliphatic carbocycles. The van der Waals surface area contributed by atoms with Crippen molar-refractivity contribution < 1.29 is 9.84 Å². The maximum atomic E-state index is 8.63. The van der Waals surface area contributed by atoms with Crippen molar-refractivity contribution in [3.63, 3.8) is 0 Å². The third-order valence-corrected chi connectivity index (χ3v) is 2.35. The number of aliphatic hydroxyl groups excluding tert-OH is 1. The fraction of sp³-hybridized carbons (Fsp3) is 0.615. The molecule has 4 heteroatoms. The second-order valence-electron chi connectivity index (χ2n) is 3.94. The Bertz CT molecular complexity index is 288. The summed E-state index contributed by atoms with van der Waals surface area (Å²) >= 11 is 0. The van der Waals surface area contributed by atoms with Crippen molar-refractivity contribution in [2.24, 2.45) is 0 Å². The molecule has 0 amide bonds. The summed E-state index contributed by atoms with van der Waals surface area (Å²) in [6.45, 7) is 4.82. The fourth-order valence-electron chi connectivity index (χ4n) is 1.40. The maximum absolute atomic E-state index is 8.63. The zero-order valence-corrected chi connectivity index (χ0v) is 10.5. The highest BCUT2D eigenvalue weighted by Crippen LogP contribution is 2.09. The van der Waals surface area contributed by atoms with Crippen molar-refractivity contribution in [1.29, 1.82) is 0 Å². The van der Waals surface area contributed by atoms with Crippen LogP contribution < -0.4 is 10.1 Å². The van der Waals surface area contributed by atoms with Crippen LogP contribution in [0.3, 0.4) is 0 Å². The third kappa shape index (κ3) is 6.24. The number of rotatable bonds is 9. The molecule has 0 aliphatic rings. The number of hydrogen-bond donors (Lipinski definition) is 2. The van der Waals surface area contributed by atoms with Gasteiger partial charge in [-0.1, -0.05) is 6.92 Å². The van der Waals surface area contributed by atoms with Crippen LogP contribution in [0.2, 0.25) is 0 Å². The average Bonchev–Trinajstić information content (AvgIpc) is 2.37. The van der Waals surface area contributed by atoms with Crippen molar-refractivity contribution in [2.75, 3.05) is 19.8 Å². The number of aromatic nitrogens is 1. The highest BCUT2D eigenvalue weighted by atomic mass is 16.5. The van der Waals surface area contributed by atoms with Crippen LogP contribution in [0.15, 0.2) is 18.3 Å². The van der Waals surface area contributed by atoms with Gasteiger partial charge in [0, 0.05) is 13.2 Å². The van der Waals surface area contributed by atoms with Gasteiger partial charge in [-0.05, 0) is 37.9 Å². The second kappa shape index (κ2) is 8.96. The van der Waals surface area contributed by atoms with Crippen molar-refractivity contribution in [3.8, 4) is 5.75 Å². The zero-order valence-electron chi connectivity index (χ0n) is 10.5. The lowest BCUT2D eigenvalue weighted by molar-refractivity contribution is 0.253. The van der Waals surface area contributed by atoms with Gasteiger partial charge in [0.2, 0.25) is 0 Å². The van der Waals surface area contributed by atoms with Crippen LogP contribution in [-0.4, -0.2) is 29.8 Å². The molecule has 1 rings (SSSR count). The lowest BCUT2D eigenvalue weighted by Crippen LogP contribution is -2.14. The molecule has 96 valence electrons. The molecule has 0 radical (unpaired) electrons. The van der Waals surface area contributed by atoms with Gasteiger partial charge in [-0.25, -0.2) is 0 Å². The van der Waals surface area contributed by atoms with E-state index in [0.29, 0.717) is 6.61 Å². The van der Waals surface area contributed by atoms with E-state index in [1.165, 1.54) is 0 Å². The smallest absolute Gasteiger partial charge is 0.137 e. The minimum absolute atomic E-state index is 0.226. The number of nitrogens with one attached hydrogen (secondary N) is 1. The van der Waals surface area contributed by atoms with Crippen molar-refractivity contribution in [3.05, 3.63) is 24.0 Å². The molecule has 0 spiro atoms. The molecule has 0 atom stereocenters. The molecule has 0 aromatic carbocycles. The molecule has 0 unspecified atom stereocenters. The minimum Gasteiger partial charge on any atom is -0.492 e. The molecule has 0 fully saturated rings. The van der Waals surface area contributed by atoms with Gasteiger partial charge in [0.15, 0.2) is 0 Å². The largest absolute Gasteiger partial charge is 0.492 e. The number of unbranched alkanes of at least 4 members (excludes halogenated alkanes) is 1. The van der Waals surface area contributed by atoms with Gasteiger partial charge in [-0.3, -0.25) is 4.98 Å². The number of aliphatic hydroxyl groups is 1. The van der Waals surface area contributed by atoms with Crippen LogP contribution in [0, 0.1) is 0 Å². The van der Waals surface area contributed by atoms with Crippen LogP contribution in [0.25, 0.3) is 0 Å². The Morgan fingerprint density at radius 1 is 1.35 bits per heavy atom. The predicted molar refractivity (Wildman–Crippen MR) is 68.0 cm³/mol. The summed E-state index contributed by atoms with van der Waals surface area (Å²) in [5, 5.41) is 11.9. The standard InChI is InChI=1S/C13H22N2O2/c1-2-7-14-10-12-5-6-13(11-15-12)17-9-4-3-8-16/h5-6,11,14,16H,2-4,7-10H2,1H3. The first-order chi connectivity index (χ1) is 8.36. The molecular weight excluding hydrogens is 216 g/mol. The van der Waals surface area contributed by atoms with Gasteiger partial charge >= 0.3 is 0 Å². The summed E-state index contributed by atoms with van der Waals surface area (Å²) in [7, 11) is 0. The summed E-state index contributed by atoms with van der Waals surface area (Å²) in [5.41, 5.74) is 1.03. The highest BCUT2D eigenvalue weighted by molar-refractivity contribution is 5.19. The van der Waals surface area contributed by atoms with Gasteiger partial charge < -0.3 is 15.2 Å². The van der Waals surface area contributed by atoms with Crippen LogP contribution in [0.4, 0.5) is 0 Å². The van der Waals surface area contributed by atoms with Crippen LogP contribution in [0.1, 0.15) is 31.9 Å². The van der Waals surface area contributed by atoms with E-state index in [2.05, 4.69) is 17.2 Å². The van der Waals surface area contributed by atoms with Crippen molar-refractivity contribution in [2.45, 2.75) is 32.7 Å². The van der Waals surface area contributed by atoms with E-state index >= 15 is 0 Å². The van der Waals surface area contributed by atoms with E-state index in [1.807, 2.05) is 12.1 Å². The number of hydrogen-bond acceptors (Lipinski definition) is 4. The molecule has 1 aromatic heterocycles. The lowest BCUT2D eigenvalue weighted by Gasteiger charge is -2.06. The molecule has 1 heterocycles. The van der Waals surface area contributed by atoms with Crippen LogP contribution in [0.5, 0.6) is 5.75 Å². The Morgan fingerprint density at radius 3 is 2.88 bits per heavy atom. The first kappa shape index (κ1) is 13.9. The summed E-state index contributed by atoms with van der Waals surface area (Å²) in [6.07, 6.45) is 4.54.